The third kappa shape index (κ3) is 2.99. The summed E-state index contributed by atoms with van der Waals surface area (Å²) in [5, 5.41) is 10.7. The maximum absolute atomic E-state index is 12.3. The number of nitrogen functional groups attached to an aromatic ring is 1. The lowest BCUT2D eigenvalue weighted by Crippen LogP contribution is -2.27. The Labute approximate surface area is 121 Å². The van der Waals surface area contributed by atoms with Crippen molar-refractivity contribution in [3.63, 3.8) is 0 Å². The smallest absolute Gasteiger partial charge is 0.292 e. The van der Waals surface area contributed by atoms with Crippen molar-refractivity contribution in [2.75, 3.05) is 12.8 Å². The van der Waals surface area contributed by atoms with E-state index in [9.17, 15) is 14.9 Å². The molecule has 0 unspecified atom stereocenters. The van der Waals surface area contributed by atoms with Crippen molar-refractivity contribution in [2.45, 2.75) is 6.54 Å². The van der Waals surface area contributed by atoms with Gasteiger partial charge in [0.15, 0.2) is 0 Å². The Morgan fingerprint density at radius 1 is 1.52 bits per heavy atom. The highest BCUT2D eigenvalue weighted by Crippen LogP contribution is 2.22. The molecule has 0 saturated heterocycles. The van der Waals surface area contributed by atoms with Gasteiger partial charge in [0.05, 0.1) is 11.5 Å². The van der Waals surface area contributed by atoms with Crippen molar-refractivity contribution in [3.05, 3.63) is 52.1 Å². The van der Waals surface area contributed by atoms with Crippen LogP contribution in [0.5, 0.6) is 0 Å². The van der Waals surface area contributed by atoms with Gasteiger partial charge in [0.1, 0.15) is 11.5 Å². The summed E-state index contributed by atoms with van der Waals surface area (Å²) in [5.41, 5.74) is 5.65. The predicted molar refractivity (Wildman–Crippen MR) is 76.5 cm³/mol. The maximum atomic E-state index is 12.3. The third-order valence-electron chi connectivity index (χ3n) is 3.12. The molecule has 0 aliphatic rings. The topological polar surface area (TPSA) is 107 Å². The normalized spacial score (nSPS) is 10.4. The van der Waals surface area contributed by atoms with Crippen molar-refractivity contribution >= 4 is 17.3 Å². The molecule has 0 aliphatic heterocycles. The van der Waals surface area contributed by atoms with Crippen molar-refractivity contribution in [1.82, 2.24) is 14.5 Å². The van der Waals surface area contributed by atoms with E-state index in [2.05, 4.69) is 4.98 Å². The molecule has 1 aromatic carbocycles. The molecule has 1 amide bonds. The van der Waals surface area contributed by atoms with E-state index in [1.165, 1.54) is 23.1 Å². The zero-order valence-corrected chi connectivity index (χ0v) is 11.7. The molecule has 2 aromatic rings. The average Bonchev–Trinajstić information content (AvgIpc) is 2.82. The lowest BCUT2D eigenvalue weighted by Gasteiger charge is -2.17. The summed E-state index contributed by atoms with van der Waals surface area (Å²) in [6.45, 7) is 0.333. The summed E-state index contributed by atoms with van der Waals surface area (Å²) < 4.78 is 1.81. The van der Waals surface area contributed by atoms with Crippen LogP contribution in [0, 0.1) is 10.1 Å². The number of aryl methyl sites for hydroxylation is 1. The Kier molecular flexibility index (Phi) is 3.88. The van der Waals surface area contributed by atoms with E-state index in [1.807, 2.05) is 11.6 Å². The summed E-state index contributed by atoms with van der Waals surface area (Å²) >= 11 is 0. The van der Waals surface area contributed by atoms with Gasteiger partial charge in [-0.1, -0.05) is 0 Å². The summed E-state index contributed by atoms with van der Waals surface area (Å²) in [6, 6.07) is 3.94. The zero-order valence-electron chi connectivity index (χ0n) is 11.7. The molecule has 0 spiro atoms. The SMILES string of the molecule is CN(Cc1nccn1C)C(=O)c1ccc([N+](=O)[O-])c(N)c1. The lowest BCUT2D eigenvalue weighted by atomic mass is 10.1. The number of nitrogens with two attached hydrogens (primary N) is 1. The van der Waals surface area contributed by atoms with Gasteiger partial charge < -0.3 is 15.2 Å². The number of carbonyl (C=O) groups excluding carboxylic acids is 1. The minimum Gasteiger partial charge on any atom is -0.393 e. The number of amides is 1. The maximum Gasteiger partial charge on any atom is 0.292 e. The summed E-state index contributed by atoms with van der Waals surface area (Å²) in [6.07, 6.45) is 3.44. The summed E-state index contributed by atoms with van der Waals surface area (Å²) in [5.74, 6) is 0.459. The van der Waals surface area contributed by atoms with Gasteiger partial charge in [-0.2, -0.15) is 0 Å². The third-order valence-corrected chi connectivity index (χ3v) is 3.12. The molecule has 0 radical (unpaired) electrons. The monoisotopic (exact) mass is 289 g/mol. The van der Waals surface area contributed by atoms with Gasteiger partial charge in [0, 0.05) is 38.1 Å². The van der Waals surface area contributed by atoms with Crippen LogP contribution < -0.4 is 5.73 Å². The van der Waals surface area contributed by atoms with Gasteiger partial charge in [-0.3, -0.25) is 14.9 Å². The Morgan fingerprint density at radius 3 is 2.76 bits per heavy atom. The molecule has 8 heteroatoms. The molecule has 0 bridgehead atoms. The van der Waals surface area contributed by atoms with Gasteiger partial charge in [-0.15, -0.1) is 0 Å². The van der Waals surface area contributed by atoms with Gasteiger partial charge in [0.2, 0.25) is 0 Å². The molecule has 21 heavy (non-hydrogen) atoms. The Morgan fingerprint density at radius 2 is 2.24 bits per heavy atom. The van der Waals surface area contributed by atoms with E-state index in [-0.39, 0.29) is 17.3 Å². The Hall–Kier alpha value is -2.90. The molecule has 0 aliphatic carbocycles. The van der Waals surface area contributed by atoms with Crippen LogP contribution >= 0.6 is 0 Å². The molecule has 8 nitrogen and oxygen atoms in total. The largest absolute Gasteiger partial charge is 0.393 e. The van der Waals surface area contributed by atoms with Gasteiger partial charge in [-0.25, -0.2) is 4.98 Å². The van der Waals surface area contributed by atoms with Gasteiger partial charge >= 0.3 is 0 Å². The van der Waals surface area contributed by atoms with E-state index < -0.39 is 4.92 Å². The summed E-state index contributed by atoms with van der Waals surface area (Å²) in [7, 11) is 3.47. The Bertz CT molecular complexity index is 695. The van der Waals surface area contributed by atoms with E-state index in [4.69, 9.17) is 5.73 Å². The molecule has 1 heterocycles. The lowest BCUT2D eigenvalue weighted by molar-refractivity contribution is -0.383. The first kappa shape index (κ1) is 14.5. The number of aromatic nitrogens is 2. The van der Waals surface area contributed by atoms with Crippen LogP contribution in [0.4, 0.5) is 11.4 Å². The highest BCUT2D eigenvalue weighted by atomic mass is 16.6. The van der Waals surface area contributed by atoms with Crippen molar-refractivity contribution in [3.8, 4) is 0 Å². The molecular weight excluding hydrogens is 274 g/mol. The number of anilines is 1. The second-order valence-electron chi connectivity index (χ2n) is 4.65. The van der Waals surface area contributed by atoms with Crippen LogP contribution in [0.2, 0.25) is 0 Å². The molecule has 2 rings (SSSR count). The van der Waals surface area contributed by atoms with Gasteiger partial charge in [-0.05, 0) is 12.1 Å². The first-order valence-corrected chi connectivity index (χ1v) is 6.15. The number of hydrogen-bond donors (Lipinski definition) is 1. The number of nitro benzene ring substituents is 1. The number of carbonyl (C=O) groups is 1. The fourth-order valence-electron chi connectivity index (χ4n) is 1.91. The molecular formula is C13H15N5O3. The molecule has 0 atom stereocenters. The van der Waals surface area contributed by atoms with Crippen LogP contribution in [-0.2, 0) is 13.6 Å². The zero-order chi connectivity index (χ0) is 15.6. The predicted octanol–water partition coefficient (Wildman–Crippen LogP) is 1.18. The van der Waals surface area contributed by atoms with Crippen molar-refractivity contribution < 1.29 is 9.72 Å². The minimum atomic E-state index is -0.582. The van der Waals surface area contributed by atoms with Crippen LogP contribution in [0.15, 0.2) is 30.6 Å². The highest BCUT2D eigenvalue weighted by molar-refractivity contribution is 5.95. The fourth-order valence-corrected chi connectivity index (χ4v) is 1.91. The first-order valence-electron chi connectivity index (χ1n) is 6.15. The fraction of sp³-hybridized carbons (Fsp3) is 0.231. The van der Waals surface area contributed by atoms with Crippen LogP contribution in [0.25, 0.3) is 0 Å². The highest BCUT2D eigenvalue weighted by Gasteiger charge is 2.18. The second-order valence-corrected chi connectivity index (χ2v) is 4.65. The summed E-state index contributed by atoms with van der Waals surface area (Å²) in [4.78, 5) is 28.0. The van der Waals surface area contributed by atoms with Crippen LogP contribution in [0.3, 0.4) is 0 Å². The number of imidazole rings is 1. The van der Waals surface area contributed by atoms with E-state index in [0.717, 1.165) is 5.82 Å². The van der Waals surface area contributed by atoms with E-state index in [1.54, 1.807) is 19.4 Å². The number of benzene rings is 1. The van der Waals surface area contributed by atoms with Gasteiger partial charge in [0.25, 0.3) is 11.6 Å². The van der Waals surface area contributed by atoms with Crippen molar-refractivity contribution in [2.24, 2.45) is 7.05 Å². The first-order chi connectivity index (χ1) is 9.90. The Balaban J connectivity index is 2.18. The number of nitro groups is 1. The molecule has 2 N–H and O–H groups in total. The molecule has 0 saturated carbocycles. The van der Waals surface area contributed by atoms with Crippen molar-refractivity contribution in [1.29, 1.82) is 0 Å². The number of hydrogen-bond acceptors (Lipinski definition) is 5. The number of rotatable bonds is 4. The van der Waals surface area contributed by atoms with Crippen LogP contribution in [-0.4, -0.2) is 32.3 Å². The quantitative estimate of drug-likeness (QED) is 0.516. The molecule has 1 aromatic heterocycles. The average molecular weight is 289 g/mol. The van der Waals surface area contributed by atoms with E-state index >= 15 is 0 Å². The van der Waals surface area contributed by atoms with Crippen LogP contribution in [0.1, 0.15) is 16.2 Å². The molecule has 0 fully saturated rings. The van der Waals surface area contributed by atoms with E-state index in [0.29, 0.717) is 12.1 Å². The standard InChI is InChI=1S/C13H15N5O3/c1-16-6-5-15-12(16)8-17(2)13(19)9-3-4-11(18(20)21)10(14)7-9/h3-7H,8,14H2,1-2H3. The minimum absolute atomic E-state index is 0.0313. The second kappa shape index (κ2) is 5.61. The number of nitrogens with zero attached hydrogens (tertiary/aromatic N) is 4. The molecule has 110 valence electrons.